The molecule has 0 aliphatic heterocycles. The third-order valence-electron chi connectivity index (χ3n) is 2.60. The second-order valence-corrected chi connectivity index (χ2v) is 5.12. The molecule has 0 bridgehead atoms. The van der Waals surface area contributed by atoms with Gasteiger partial charge in [0.15, 0.2) is 0 Å². The van der Waals surface area contributed by atoms with Crippen molar-refractivity contribution in [2.45, 2.75) is 38.6 Å². The molecule has 0 rings (SSSR count). The Morgan fingerprint density at radius 1 is 1.20 bits per heavy atom. The molecule has 0 aromatic rings. The van der Waals surface area contributed by atoms with Crippen LogP contribution in [0.25, 0.3) is 0 Å². The summed E-state index contributed by atoms with van der Waals surface area (Å²) in [6.07, 6.45) is 1.13. The molecule has 0 aromatic carbocycles. The summed E-state index contributed by atoms with van der Waals surface area (Å²) in [5, 5.41) is 14.1. The maximum absolute atomic E-state index is 11.6. The number of rotatable bonds is 11. The highest BCUT2D eigenvalue weighted by molar-refractivity contribution is 5.74. The normalized spacial score (nSPS) is 11.2. The van der Waals surface area contributed by atoms with Crippen molar-refractivity contribution in [3.8, 4) is 0 Å². The highest BCUT2D eigenvalue weighted by Gasteiger charge is 2.21. The van der Waals surface area contributed by atoms with E-state index in [-0.39, 0.29) is 12.5 Å². The van der Waals surface area contributed by atoms with Crippen LogP contribution in [0.3, 0.4) is 0 Å². The predicted octanol–water partition coefficient (Wildman–Crippen LogP) is 0.982. The van der Waals surface area contributed by atoms with Crippen LogP contribution in [0.2, 0.25) is 0 Å². The smallest absolute Gasteiger partial charge is 0.315 e. The second kappa shape index (κ2) is 10.4. The number of methoxy groups -OCH3 is 1. The molecule has 7 heteroatoms. The zero-order valence-corrected chi connectivity index (χ0v) is 12.5. The van der Waals surface area contributed by atoms with Crippen molar-refractivity contribution in [1.82, 2.24) is 10.6 Å². The zero-order chi connectivity index (χ0) is 15.4. The van der Waals surface area contributed by atoms with Crippen LogP contribution in [-0.4, -0.2) is 56.1 Å². The van der Waals surface area contributed by atoms with Crippen LogP contribution >= 0.6 is 0 Å². The van der Waals surface area contributed by atoms with Gasteiger partial charge in [-0.25, -0.2) is 4.79 Å². The second-order valence-electron chi connectivity index (χ2n) is 5.12. The molecule has 0 aliphatic carbocycles. The lowest BCUT2D eigenvalue weighted by molar-refractivity contribution is -0.137. The summed E-state index contributed by atoms with van der Waals surface area (Å²) in [7, 11) is 1.61. The molecule has 0 fully saturated rings. The fourth-order valence-corrected chi connectivity index (χ4v) is 1.45. The summed E-state index contributed by atoms with van der Waals surface area (Å²) in [6.45, 7) is 5.77. The Bertz CT molecular complexity index is 294. The summed E-state index contributed by atoms with van der Waals surface area (Å²) in [5.41, 5.74) is -0.544. The molecule has 3 N–H and O–H groups in total. The largest absolute Gasteiger partial charge is 0.481 e. The fraction of sp³-hybridized carbons (Fsp3) is 0.846. The summed E-state index contributed by atoms with van der Waals surface area (Å²) in [6, 6.07) is -0.294. The molecule has 7 nitrogen and oxygen atoms in total. The molecule has 118 valence electrons. The van der Waals surface area contributed by atoms with Gasteiger partial charge in [0.1, 0.15) is 0 Å². The topological polar surface area (TPSA) is 96.9 Å². The lowest BCUT2D eigenvalue weighted by Gasteiger charge is -2.25. The number of hydrogen-bond donors (Lipinski definition) is 3. The molecule has 0 saturated heterocycles. The number of amides is 2. The molecule has 0 heterocycles. The maximum atomic E-state index is 11.6. The number of nitrogens with one attached hydrogen (secondary N) is 2. The molecule has 0 saturated carbocycles. The highest BCUT2D eigenvalue weighted by Crippen LogP contribution is 2.10. The Balaban J connectivity index is 3.63. The summed E-state index contributed by atoms with van der Waals surface area (Å²) >= 11 is 0. The van der Waals surface area contributed by atoms with E-state index in [1.165, 1.54) is 0 Å². The minimum Gasteiger partial charge on any atom is -0.481 e. The number of aliphatic carboxylic acids is 1. The summed E-state index contributed by atoms with van der Waals surface area (Å²) < 4.78 is 10.1. The maximum Gasteiger partial charge on any atom is 0.315 e. The van der Waals surface area contributed by atoms with Gasteiger partial charge in [-0.3, -0.25) is 4.79 Å². The molecule has 2 amide bonds. The van der Waals surface area contributed by atoms with Gasteiger partial charge >= 0.3 is 12.0 Å². The third-order valence-corrected chi connectivity index (χ3v) is 2.60. The number of urea groups is 1. The first-order valence-corrected chi connectivity index (χ1v) is 6.72. The Morgan fingerprint density at radius 2 is 1.90 bits per heavy atom. The zero-order valence-electron chi connectivity index (χ0n) is 12.5. The Morgan fingerprint density at radius 3 is 2.50 bits per heavy atom. The van der Waals surface area contributed by atoms with Crippen LogP contribution < -0.4 is 10.6 Å². The van der Waals surface area contributed by atoms with E-state index < -0.39 is 11.5 Å². The lowest BCUT2D eigenvalue weighted by Crippen LogP contribution is -2.48. The number of hydrogen-bond acceptors (Lipinski definition) is 4. The molecule has 0 unspecified atom stereocenters. The number of carboxylic acids is 1. The number of carbonyl (C=O) groups is 2. The minimum atomic E-state index is -0.867. The Kier molecular flexibility index (Phi) is 9.75. The minimum absolute atomic E-state index is 0.0284. The standard InChI is InChI=1S/C13H26N2O5/c1-13(2,6-5-11(16)17)15-12(18)14-7-4-8-20-10-9-19-3/h4-10H2,1-3H3,(H,16,17)(H2,14,15,18). The van der Waals surface area contributed by atoms with Crippen molar-refractivity contribution >= 4 is 12.0 Å². The van der Waals surface area contributed by atoms with E-state index in [1.54, 1.807) is 21.0 Å². The van der Waals surface area contributed by atoms with Crippen molar-refractivity contribution < 1.29 is 24.2 Å². The molecule has 0 radical (unpaired) electrons. The van der Waals surface area contributed by atoms with E-state index in [1.807, 2.05) is 0 Å². The molecule has 0 aromatic heterocycles. The van der Waals surface area contributed by atoms with Crippen molar-refractivity contribution in [3.63, 3.8) is 0 Å². The van der Waals surface area contributed by atoms with Gasteiger partial charge in [-0.1, -0.05) is 0 Å². The molecular formula is C13H26N2O5. The van der Waals surface area contributed by atoms with Gasteiger partial charge in [0.05, 0.1) is 13.2 Å². The van der Waals surface area contributed by atoms with Crippen molar-refractivity contribution in [1.29, 1.82) is 0 Å². The van der Waals surface area contributed by atoms with E-state index in [0.29, 0.717) is 39.2 Å². The van der Waals surface area contributed by atoms with Gasteiger partial charge in [-0.05, 0) is 26.7 Å². The van der Waals surface area contributed by atoms with Crippen LogP contribution in [0.1, 0.15) is 33.1 Å². The van der Waals surface area contributed by atoms with E-state index in [0.717, 1.165) is 0 Å². The SMILES string of the molecule is COCCOCCCNC(=O)NC(C)(C)CCC(=O)O. The van der Waals surface area contributed by atoms with Gasteiger partial charge in [-0.15, -0.1) is 0 Å². The third kappa shape index (κ3) is 11.7. The molecular weight excluding hydrogens is 264 g/mol. The monoisotopic (exact) mass is 290 g/mol. The van der Waals surface area contributed by atoms with Gasteiger partial charge in [0.2, 0.25) is 0 Å². The molecule has 0 spiro atoms. The number of carboxylic acid groups (broad SMARTS) is 1. The predicted molar refractivity (Wildman–Crippen MR) is 74.8 cm³/mol. The number of ether oxygens (including phenoxy) is 2. The first-order chi connectivity index (χ1) is 9.37. The molecule has 0 aliphatic rings. The van der Waals surface area contributed by atoms with Crippen molar-refractivity contribution in [2.75, 3.05) is 33.5 Å². The van der Waals surface area contributed by atoms with Gasteiger partial charge in [0, 0.05) is 32.2 Å². The van der Waals surface area contributed by atoms with E-state index in [9.17, 15) is 9.59 Å². The first kappa shape index (κ1) is 18.7. The van der Waals surface area contributed by atoms with Crippen LogP contribution in [-0.2, 0) is 14.3 Å². The van der Waals surface area contributed by atoms with Crippen LogP contribution in [0.15, 0.2) is 0 Å². The van der Waals surface area contributed by atoms with Crippen molar-refractivity contribution in [2.24, 2.45) is 0 Å². The lowest BCUT2D eigenvalue weighted by atomic mass is 9.99. The van der Waals surface area contributed by atoms with Gasteiger partial charge in [0.25, 0.3) is 0 Å². The molecule has 20 heavy (non-hydrogen) atoms. The Hall–Kier alpha value is -1.34. The van der Waals surface area contributed by atoms with E-state index >= 15 is 0 Å². The van der Waals surface area contributed by atoms with Gasteiger partial charge in [-0.2, -0.15) is 0 Å². The number of carbonyl (C=O) groups excluding carboxylic acids is 1. The average Bonchev–Trinajstić information content (AvgIpc) is 2.35. The van der Waals surface area contributed by atoms with E-state index in [2.05, 4.69) is 10.6 Å². The summed E-state index contributed by atoms with van der Waals surface area (Å²) in [5.74, 6) is -0.867. The van der Waals surface area contributed by atoms with Crippen LogP contribution in [0.4, 0.5) is 4.79 Å². The van der Waals surface area contributed by atoms with Gasteiger partial charge < -0.3 is 25.2 Å². The fourth-order valence-electron chi connectivity index (χ4n) is 1.45. The highest BCUT2D eigenvalue weighted by atomic mass is 16.5. The summed E-state index contributed by atoms with van der Waals surface area (Å²) in [4.78, 5) is 22.1. The van der Waals surface area contributed by atoms with Crippen LogP contribution in [0, 0.1) is 0 Å². The Labute approximate surface area is 120 Å². The average molecular weight is 290 g/mol. The van der Waals surface area contributed by atoms with E-state index in [4.69, 9.17) is 14.6 Å². The molecule has 0 atom stereocenters. The first-order valence-electron chi connectivity index (χ1n) is 6.72. The quantitative estimate of drug-likeness (QED) is 0.493. The van der Waals surface area contributed by atoms with Crippen molar-refractivity contribution in [3.05, 3.63) is 0 Å². The van der Waals surface area contributed by atoms with Crippen LogP contribution in [0.5, 0.6) is 0 Å².